The largest absolute Gasteiger partial charge is 0.342 e. The maximum atomic E-state index is 12.5. The zero-order valence-electron chi connectivity index (χ0n) is 10.8. The van der Waals surface area contributed by atoms with Gasteiger partial charge in [-0.2, -0.15) is 0 Å². The molecule has 1 unspecified atom stereocenters. The van der Waals surface area contributed by atoms with Crippen LogP contribution in [0.1, 0.15) is 40.0 Å². The highest BCUT2D eigenvalue weighted by Gasteiger charge is 2.41. The van der Waals surface area contributed by atoms with Crippen molar-refractivity contribution >= 4 is 5.91 Å². The van der Waals surface area contributed by atoms with E-state index in [1.807, 2.05) is 0 Å². The smallest absolute Gasteiger partial charge is 0.229 e. The van der Waals surface area contributed by atoms with Crippen molar-refractivity contribution in [3.63, 3.8) is 0 Å². The Balaban J connectivity index is 2.04. The zero-order chi connectivity index (χ0) is 11.8. The molecule has 0 saturated carbocycles. The summed E-state index contributed by atoms with van der Waals surface area (Å²) in [5.41, 5.74) is 0.156. The summed E-state index contributed by atoms with van der Waals surface area (Å²) in [5, 5.41) is 3.31. The number of hydrogen-bond donors (Lipinski definition) is 1. The second kappa shape index (κ2) is 4.02. The van der Waals surface area contributed by atoms with E-state index in [2.05, 4.69) is 31.0 Å². The van der Waals surface area contributed by atoms with Gasteiger partial charge in [0, 0.05) is 19.6 Å². The Morgan fingerprint density at radius 3 is 2.56 bits per heavy atom. The van der Waals surface area contributed by atoms with Crippen LogP contribution in [0.5, 0.6) is 0 Å². The molecule has 0 aromatic heterocycles. The maximum Gasteiger partial charge on any atom is 0.229 e. The van der Waals surface area contributed by atoms with Gasteiger partial charge in [0.05, 0.1) is 5.41 Å². The molecule has 2 fully saturated rings. The zero-order valence-corrected chi connectivity index (χ0v) is 10.8. The summed E-state index contributed by atoms with van der Waals surface area (Å²) in [6, 6.07) is 0. The van der Waals surface area contributed by atoms with Crippen LogP contribution in [0.15, 0.2) is 0 Å². The van der Waals surface area contributed by atoms with Crippen molar-refractivity contribution in [1.29, 1.82) is 0 Å². The number of carbonyl (C=O) groups is 1. The Bertz CT molecular complexity index is 280. The predicted octanol–water partition coefficient (Wildman–Crippen LogP) is 1.63. The predicted molar refractivity (Wildman–Crippen MR) is 65.2 cm³/mol. The van der Waals surface area contributed by atoms with Gasteiger partial charge in [-0.3, -0.25) is 4.79 Å². The number of nitrogens with one attached hydrogen (secondary N) is 1. The van der Waals surface area contributed by atoms with Gasteiger partial charge in [-0.05, 0) is 38.1 Å². The van der Waals surface area contributed by atoms with E-state index < -0.39 is 0 Å². The third-order valence-electron chi connectivity index (χ3n) is 4.07. The Kier molecular flexibility index (Phi) is 2.99. The van der Waals surface area contributed by atoms with Crippen molar-refractivity contribution in [3.8, 4) is 0 Å². The summed E-state index contributed by atoms with van der Waals surface area (Å²) in [6.07, 6.45) is 3.39. The van der Waals surface area contributed by atoms with Gasteiger partial charge in [0.1, 0.15) is 0 Å². The van der Waals surface area contributed by atoms with Crippen molar-refractivity contribution in [1.82, 2.24) is 10.2 Å². The molecule has 1 amide bonds. The van der Waals surface area contributed by atoms with E-state index in [0.29, 0.717) is 11.3 Å². The molecule has 2 saturated heterocycles. The molecule has 2 rings (SSSR count). The summed E-state index contributed by atoms with van der Waals surface area (Å²) in [4.78, 5) is 14.6. The second-order valence-electron chi connectivity index (χ2n) is 6.48. The van der Waals surface area contributed by atoms with Gasteiger partial charge in [-0.25, -0.2) is 0 Å². The second-order valence-corrected chi connectivity index (χ2v) is 6.48. The lowest BCUT2D eigenvalue weighted by molar-refractivity contribution is -0.143. The number of rotatable bonds is 1. The van der Waals surface area contributed by atoms with Crippen LogP contribution in [-0.2, 0) is 4.79 Å². The van der Waals surface area contributed by atoms with Crippen molar-refractivity contribution < 1.29 is 4.79 Å². The SMILES string of the molecule is CC1(C)CCCN(C(=O)C2(C)CCNC2)C1. The fraction of sp³-hybridized carbons (Fsp3) is 0.923. The minimum atomic E-state index is -0.145. The monoisotopic (exact) mass is 224 g/mol. The van der Waals surface area contributed by atoms with Crippen molar-refractivity contribution in [2.75, 3.05) is 26.2 Å². The van der Waals surface area contributed by atoms with Gasteiger partial charge in [-0.15, -0.1) is 0 Å². The third kappa shape index (κ3) is 2.24. The van der Waals surface area contributed by atoms with E-state index in [1.54, 1.807) is 0 Å². The molecule has 0 radical (unpaired) electrons. The van der Waals surface area contributed by atoms with Gasteiger partial charge in [0.15, 0.2) is 0 Å². The fourth-order valence-corrected chi connectivity index (χ4v) is 2.98. The quantitative estimate of drug-likeness (QED) is 0.734. The molecule has 0 bridgehead atoms. The van der Waals surface area contributed by atoms with E-state index >= 15 is 0 Å². The van der Waals surface area contributed by atoms with Crippen molar-refractivity contribution in [2.45, 2.75) is 40.0 Å². The molecule has 92 valence electrons. The molecule has 1 N–H and O–H groups in total. The van der Waals surface area contributed by atoms with Crippen LogP contribution >= 0.6 is 0 Å². The summed E-state index contributed by atoms with van der Waals surface area (Å²) in [6.45, 7) is 10.4. The molecule has 2 heterocycles. The molecule has 3 heteroatoms. The van der Waals surface area contributed by atoms with E-state index in [-0.39, 0.29) is 5.41 Å². The Hall–Kier alpha value is -0.570. The first-order valence-electron chi connectivity index (χ1n) is 6.43. The highest BCUT2D eigenvalue weighted by Crippen LogP contribution is 2.33. The van der Waals surface area contributed by atoms with Crippen LogP contribution in [-0.4, -0.2) is 37.0 Å². The van der Waals surface area contributed by atoms with Gasteiger partial charge in [0.2, 0.25) is 5.91 Å². The van der Waals surface area contributed by atoms with Crippen LogP contribution in [0.4, 0.5) is 0 Å². The topological polar surface area (TPSA) is 32.3 Å². The molecule has 1 atom stereocenters. The first-order chi connectivity index (χ1) is 7.43. The molecule has 0 spiro atoms. The average molecular weight is 224 g/mol. The van der Waals surface area contributed by atoms with Crippen LogP contribution < -0.4 is 5.32 Å². The number of carbonyl (C=O) groups excluding carboxylic acids is 1. The van der Waals surface area contributed by atoms with Gasteiger partial charge in [-0.1, -0.05) is 13.8 Å². The number of amides is 1. The van der Waals surface area contributed by atoms with Crippen LogP contribution in [0.25, 0.3) is 0 Å². The Labute approximate surface area is 98.6 Å². The molecule has 2 aliphatic rings. The van der Waals surface area contributed by atoms with Gasteiger partial charge in [0.25, 0.3) is 0 Å². The number of hydrogen-bond acceptors (Lipinski definition) is 2. The van der Waals surface area contributed by atoms with Crippen LogP contribution in [0, 0.1) is 10.8 Å². The standard InChI is InChI=1S/C13H24N2O/c1-12(2)5-4-8-15(10-12)11(16)13(3)6-7-14-9-13/h14H,4-10H2,1-3H3. The number of likely N-dealkylation sites (tertiary alicyclic amines) is 1. The minimum absolute atomic E-state index is 0.145. The highest BCUT2D eigenvalue weighted by molar-refractivity contribution is 5.83. The van der Waals surface area contributed by atoms with Crippen molar-refractivity contribution in [3.05, 3.63) is 0 Å². The first kappa shape index (κ1) is 11.9. The molecule has 3 nitrogen and oxygen atoms in total. The molecule has 2 aliphatic heterocycles. The van der Waals surface area contributed by atoms with Gasteiger partial charge < -0.3 is 10.2 Å². The summed E-state index contributed by atoms with van der Waals surface area (Å²) < 4.78 is 0. The van der Waals surface area contributed by atoms with E-state index in [1.165, 1.54) is 6.42 Å². The van der Waals surface area contributed by atoms with Gasteiger partial charge >= 0.3 is 0 Å². The molecule has 0 aromatic carbocycles. The molecular formula is C13H24N2O. The maximum absolute atomic E-state index is 12.5. The number of piperidine rings is 1. The summed E-state index contributed by atoms with van der Waals surface area (Å²) in [7, 11) is 0. The first-order valence-corrected chi connectivity index (χ1v) is 6.43. The molecule has 0 aromatic rings. The number of nitrogens with zero attached hydrogens (tertiary/aromatic N) is 1. The fourth-order valence-electron chi connectivity index (χ4n) is 2.98. The third-order valence-corrected chi connectivity index (χ3v) is 4.07. The minimum Gasteiger partial charge on any atom is -0.342 e. The Morgan fingerprint density at radius 1 is 1.25 bits per heavy atom. The van der Waals surface area contributed by atoms with E-state index in [0.717, 1.165) is 39.0 Å². The summed E-state index contributed by atoms with van der Waals surface area (Å²) >= 11 is 0. The Morgan fingerprint density at radius 2 is 2.00 bits per heavy atom. The lowest BCUT2D eigenvalue weighted by Gasteiger charge is -2.41. The lowest BCUT2D eigenvalue weighted by atomic mass is 9.81. The lowest BCUT2D eigenvalue weighted by Crippen LogP contribution is -2.50. The normalized spacial score (nSPS) is 34.1. The molecule has 16 heavy (non-hydrogen) atoms. The molecular weight excluding hydrogens is 200 g/mol. The average Bonchev–Trinajstić information content (AvgIpc) is 2.64. The molecule has 0 aliphatic carbocycles. The van der Waals surface area contributed by atoms with Crippen LogP contribution in [0.2, 0.25) is 0 Å². The highest BCUT2D eigenvalue weighted by atomic mass is 16.2. The summed E-state index contributed by atoms with van der Waals surface area (Å²) in [5.74, 6) is 0.366. The van der Waals surface area contributed by atoms with E-state index in [9.17, 15) is 4.79 Å². The van der Waals surface area contributed by atoms with Crippen LogP contribution in [0.3, 0.4) is 0 Å². The van der Waals surface area contributed by atoms with Crippen molar-refractivity contribution in [2.24, 2.45) is 10.8 Å². The van der Waals surface area contributed by atoms with E-state index in [4.69, 9.17) is 0 Å².